The second kappa shape index (κ2) is 13.9. The Morgan fingerprint density at radius 2 is 1.79 bits per heavy atom. The maximum absolute atomic E-state index is 13.4. The summed E-state index contributed by atoms with van der Waals surface area (Å²) in [5.41, 5.74) is 2.84. The molecule has 0 aliphatic rings. The van der Waals surface area contributed by atoms with E-state index in [2.05, 4.69) is 17.6 Å². The maximum atomic E-state index is 13.4. The number of hydrogen-bond acceptors (Lipinski definition) is 6. The predicted octanol–water partition coefficient (Wildman–Crippen LogP) is -0.199. The number of carbonyl (C=O) groups is 4. The van der Waals surface area contributed by atoms with Crippen molar-refractivity contribution in [1.82, 2.24) is 25.1 Å². The average Bonchev–Trinajstić information content (AvgIpc) is 2.74. The molecule has 1 rings (SSSR count). The fourth-order valence-corrected chi connectivity index (χ4v) is 3.22. The second-order valence-electron chi connectivity index (χ2n) is 8.13. The number of hydrogen-bond donors (Lipinski definition) is 4. The third-order valence-electron chi connectivity index (χ3n) is 4.93. The van der Waals surface area contributed by atoms with Crippen molar-refractivity contribution in [3.63, 3.8) is 0 Å². The molecular formula is C21H33FN6O6. The highest BCUT2D eigenvalue weighted by molar-refractivity contribution is 5.91. The fraction of sp³-hybridized carbons (Fsp3) is 0.619. The molecule has 1 aromatic rings. The first-order chi connectivity index (χ1) is 16.0. The van der Waals surface area contributed by atoms with Crippen molar-refractivity contribution in [3.8, 4) is 0 Å². The molecule has 0 saturated carbocycles. The number of nitrogens with zero attached hydrogens (tertiary/aromatic N) is 2. The van der Waals surface area contributed by atoms with E-state index in [0.717, 1.165) is 30.6 Å². The number of rotatable bonds is 13. The molecule has 13 heteroatoms. The quantitative estimate of drug-likeness (QED) is 0.282. The highest BCUT2D eigenvalue weighted by Crippen LogP contribution is 2.05. The molecule has 0 bridgehead atoms. The number of primary amides is 1. The van der Waals surface area contributed by atoms with E-state index in [0.29, 0.717) is 17.2 Å². The molecule has 0 aromatic carbocycles. The number of nitrogens with two attached hydrogens (primary N) is 1. The van der Waals surface area contributed by atoms with E-state index < -0.39 is 53.4 Å². The molecule has 1 heterocycles. The van der Waals surface area contributed by atoms with E-state index in [1.54, 1.807) is 11.9 Å². The summed E-state index contributed by atoms with van der Waals surface area (Å²) in [6.45, 7) is 3.53. The predicted molar refractivity (Wildman–Crippen MR) is 121 cm³/mol. The smallest absolute Gasteiger partial charge is 0.336 e. The largest absolute Gasteiger partial charge is 0.370 e. The average molecular weight is 485 g/mol. The topological polar surface area (TPSA) is 176 Å². The van der Waals surface area contributed by atoms with Gasteiger partial charge in [-0.1, -0.05) is 32.6 Å². The van der Waals surface area contributed by atoms with Crippen molar-refractivity contribution >= 4 is 23.8 Å². The highest BCUT2D eigenvalue weighted by atomic mass is 19.1. The molecule has 12 nitrogen and oxygen atoms in total. The Morgan fingerprint density at radius 1 is 1.15 bits per heavy atom. The lowest BCUT2D eigenvalue weighted by Gasteiger charge is -2.25. The molecule has 0 unspecified atom stereocenters. The maximum Gasteiger partial charge on any atom is 0.336 e. The number of unbranched alkanes of at least 4 members (excludes halogenated alkanes) is 4. The van der Waals surface area contributed by atoms with Crippen molar-refractivity contribution in [2.75, 3.05) is 13.6 Å². The lowest BCUT2D eigenvalue weighted by molar-refractivity contribution is -0.131. The van der Waals surface area contributed by atoms with E-state index in [1.807, 2.05) is 0 Å². The lowest BCUT2D eigenvalue weighted by Crippen LogP contribution is -2.53. The summed E-state index contributed by atoms with van der Waals surface area (Å²) in [7, 11) is 1.31. The van der Waals surface area contributed by atoms with E-state index >= 15 is 0 Å². The van der Waals surface area contributed by atoms with Crippen LogP contribution in [-0.4, -0.2) is 63.9 Å². The zero-order chi connectivity index (χ0) is 25.8. The Hall–Kier alpha value is -3.51. The SMILES string of the molecule is CCCCCCCC(=O)N[C@H](CC(N)=O)C(=O)N[C@H](C)CN(C)C(=O)n1cc(F)c(=O)[nH]c1=O. The number of aromatic amines is 1. The Balaban J connectivity index is 2.70. The van der Waals surface area contributed by atoms with Crippen LogP contribution in [0.5, 0.6) is 0 Å². The first kappa shape index (κ1) is 28.5. The summed E-state index contributed by atoms with van der Waals surface area (Å²) in [5.74, 6) is -3.13. The van der Waals surface area contributed by atoms with Crippen LogP contribution in [0.1, 0.15) is 58.8 Å². The molecule has 0 aliphatic heterocycles. The summed E-state index contributed by atoms with van der Waals surface area (Å²) in [6, 6.07) is -2.79. The number of aromatic nitrogens is 2. The van der Waals surface area contributed by atoms with Gasteiger partial charge in [0.05, 0.1) is 12.6 Å². The van der Waals surface area contributed by atoms with Gasteiger partial charge in [-0.15, -0.1) is 0 Å². The number of likely N-dealkylation sites (N-methyl/N-ethyl adjacent to an activating group) is 1. The number of carbonyl (C=O) groups excluding carboxylic acids is 4. The van der Waals surface area contributed by atoms with Crippen LogP contribution in [0.15, 0.2) is 15.8 Å². The van der Waals surface area contributed by atoms with Crippen LogP contribution in [0.2, 0.25) is 0 Å². The van der Waals surface area contributed by atoms with Crippen LogP contribution in [0, 0.1) is 5.82 Å². The molecule has 0 saturated heterocycles. The van der Waals surface area contributed by atoms with E-state index in [1.165, 1.54) is 7.05 Å². The van der Waals surface area contributed by atoms with Gasteiger partial charge >= 0.3 is 11.7 Å². The summed E-state index contributed by atoms with van der Waals surface area (Å²) in [4.78, 5) is 74.2. The van der Waals surface area contributed by atoms with Gasteiger partial charge in [0.2, 0.25) is 23.5 Å². The van der Waals surface area contributed by atoms with Crippen LogP contribution in [0.3, 0.4) is 0 Å². The first-order valence-electron chi connectivity index (χ1n) is 11.1. The summed E-state index contributed by atoms with van der Waals surface area (Å²) in [5, 5.41) is 5.08. The molecule has 0 radical (unpaired) electrons. The minimum absolute atomic E-state index is 0.105. The Morgan fingerprint density at radius 3 is 2.41 bits per heavy atom. The van der Waals surface area contributed by atoms with Crippen molar-refractivity contribution in [3.05, 3.63) is 32.9 Å². The molecule has 2 atom stereocenters. The van der Waals surface area contributed by atoms with Gasteiger partial charge in [0.15, 0.2) is 0 Å². The molecule has 0 aliphatic carbocycles. The molecule has 0 fully saturated rings. The number of H-pyrrole nitrogens is 1. The standard InChI is InChI=1S/C21H33FN6O6/c1-4-5-6-7-8-9-17(30)25-15(10-16(23)29)19(32)24-13(2)11-27(3)21(34)28-12-14(22)18(31)26-20(28)33/h12-13,15H,4-11H2,1-3H3,(H2,23,29)(H,24,32)(H,25,30)(H,26,31,33)/t13-,15-/m1/s1. The van der Waals surface area contributed by atoms with Crippen LogP contribution in [-0.2, 0) is 14.4 Å². The van der Waals surface area contributed by atoms with E-state index in [4.69, 9.17) is 5.73 Å². The van der Waals surface area contributed by atoms with Gasteiger partial charge in [-0.05, 0) is 13.3 Å². The molecule has 0 spiro atoms. The first-order valence-corrected chi connectivity index (χ1v) is 11.1. The van der Waals surface area contributed by atoms with Gasteiger partial charge in [-0.3, -0.25) is 24.2 Å². The third kappa shape index (κ3) is 9.55. The Bertz CT molecular complexity index is 991. The van der Waals surface area contributed by atoms with Gasteiger partial charge in [-0.2, -0.15) is 4.39 Å². The van der Waals surface area contributed by atoms with E-state index in [-0.39, 0.29) is 18.9 Å². The fourth-order valence-electron chi connectivity index (χ4n) is 3.22. The van der Waals surface area contributed by atoms with Crippen molar-refractivity contribution < 1.29 is 23.6 Å². The van der Waals surface area contributed by atoms with Gasteiger partial charge in [0, 0.05) is 26.1 Å². The van der Waals surface area contributed by atoms with Crippen LogP contribution >= 0.6 is 0 Å². The van der Waals surface area contributed by atoms with Crippen LogP contribution in [0.4, 0.5) is 9.18 Å². The Kier molecular flexibility index (Phi) is 11.7. The normalized spacial score (nSPS) is 12.5. The summed E-state index contributed by atoms with van der Waals surface area (Å²) < 4.78 is 13.8. The van der Waals surface area contributed by atoms with Gasteiger partial charge < -0.3 is 21.3 Å². The lowest BCUT2D eigenvalue weighted by atomic mass is 10.1. The van der Waals surface area contributed by atoms with Gasteiger partial charge in [-0.25, -0.2) is 14.2 Å². The number of nitrogens with one attached hydrogen (secondary N) is 3. The summed E-state index contributed by atoms with van der Waals surface area (Å²) >= 11 is 0. The zero-order valence-corrected chi connectivity index (χ0v) is 19.7. The minimum Gasteiger partial charge on any atom is -0.370 e. The monoisotopic (exact) mass is 484 g/mol. The molecule has 4 amide bonds. The molecule has 1 aromatic heterocycles. The molecule has 190 valence electrons. The third-order valence-corrected chi connectivity index (χ3v) is 4.93. The molecule has 5 N–H and O–H groups in total. The zero-order valence-electron chi connectivity index (χ0n) is 19.7. The van der Waals surface area contributed by atoms with Gasteiger partial charge in [0.25, 0.3) is 5.56 Å². The molecular weight excluding hydrogens is 451 g/mol. The second-order valence-corrected chi connectivity index (χ2v) is 8.13. The van der Waals surface area contributed by atoms with Crippen molar-refractivity contribution in [2.24, 2.45) is 5.73 Å². The number of halogens is 1. The number of amides is 4. The summed E-state index contributed by atoms with van der Waals surface area (Å²) in [6.07, 6.45) is 4.99. The van der Waals surface area contributed by atoms with Crippen molar-refractivity contribution in [1.29, 1.82) is 0 Å². The molecule has 34 heavy (non-hydrogen) atoms. The van der Waals surface area contributed by atoms with Crippen LogP contribution < -0.4 is 27.6 Å². The van der Waals surface area contributed by atoms with Crippen LogP contribution in [0.25, 0.3) is 0 Å². The van der Waals surface area contributed by atoms with Crippen molar-refractivity contribution in [2.45, 2.75) is 70.9 Å². The van der Waals surface area contributed by atoms with E-state index in [9.17, 15) is 33.2 Å². The minimum atomic E-state index is -1.31. The Labute approximate surface area is 196 Å². The highest BCUT2D eigenvalue weighted by Gasteiger charge is 2.25. The van der Waals surface area contributed by atoms with Gasteiger partial charge in [0.1, 0.15) is 6.04 Å².